The van der Waals surface area contributed by atoms with Crippen molar-refractivity contribution < 1.29 is 13.6 Å². The molecule has 1 saturated heterocycles. The number of rotatable bonds is 7. The third-order valence-electron chi connectivity index (χ3n) is 7.17. The maximum absolute atomic E-state index is 15.3. The largest absolute Gasteiger partial charge is 0.366 e. The smallest absolute Gasteiger partial charge is 0.191 e. The van der Waals surface area contributed by atoms with Crippen LogP contribution in [0.5, 0.6) is 0 Å². The number of hydrogen-bond acceptors (Lipinski definition) is 8. The lowest BCUT2D eigenvalue weighted by atomic mass is 10.1. The van der Waals surface area contributed by atoms with Crippen LogP contribution in [0.25, 0.3) is 16.8 Å². The average molecular weight is 534 g/mol. The summed E-state index contributed by atoms with van der Waals surface area (Å²) in [5.41, 5.74) is 4.17. The molecule has 1 aliphatic heterocycles. The second kappa shape index (κ2) is 9.78. The number of aromatic nitrogens is 3. The minimum Gasteiger partial charge on any atom is -0.366 e. The number of nitriles is 1. The molecule has 0 bridgehead atoms. The number of anilines is 3. The van der Waals surface area contributed by atoms with Gasteiger partial charge in [-0.15, -0.1) is 0 Å². The maximum Gasteiger partial charge on any atom is 0.191 e. The van der Waals surface area contributed by atoms with Gasteiger partial charge in [-0.2, -0.15) is 10.4 Å². The minimum absolute atomic E-state index is 0.290. The molecule has 2 fully saturated rings. The van der Waals surface area contributed by atoms with E-state index in [4.69, 9.17) is 10.1 Å². The first-order chi connectivity index (χ1) is 18.5. The summed E-state index contributed by atoms with van der Waals surface area (Å²) >= 11 is 1.26. The second-order valence-electron chi connectivity index (χ2n) is 9.65. The van der Waals surface area contributed by atoms with Crippen LogP contribution in [0.1, 0.15) is 29.3 Å². The number of halogens is 2. The zero-order chi connectivity index (χ0) is 26.4. The number of thiazole rings is 1. The Labute approximate surface area is 222 Å². The summed E-state index contributed by atoms with van der Waals surface area (Å²) in [7, 11) is 1.89. The number of fused-ring (bicyclic) bond motifs is 1. The monoisotopic (exact) mass is 533 g/mol. The Bertz CT molecular complexity index is 1550. The lowest BCUT2D eigenvalue weighted by Crippen LogP contribution is -2.47. The molecule has 1 aliphatic carbocycles. The highest BCUT2D eigenvalue weighted by molar-refractivity contribution is 7.16. The average Bonchev–Trinajstić information content (AvgIpc) is 3.57. The van der Waals surface area contributed by atoms with E-state index in [2.05, 4.69) is 11.0 Å². The Hall–Kier alpha value is -3.88. The van der Waals surface area contributed by atoms with E-state index in [1.54, 1.807) is 16.6 Å². The molecule has 0 spiro atoms. The molecule has 0 N–H and O–H groups in total. The first kappa shape index (κ1) is 24.5. The quantitative estimate of drug-likeness (QED) is 0.322. The SMILES string of the molecule is CN(c1nc(-c2ccc(F)cc2)c(C#N)s1)c1c(C2CC2)nn2cc(F)c(N3CCN(CC=O)CC3)cc12. The highest BCUT2D eigenvalue weighted by atomic mass is 32.1. The van der Waals surface area contributed by atoms with E-state index in [-0.39, 0.29) is 17.6 Å². The van der Waals surface area contributed by atoms with Crippen molar-refractivity contribution in [2.24, 2.45) is 0 Å². The number of pyridine rings is 1. The van der Waals surface area contributed by atoms with Crippen LogP contribution in [0, 0.1) is 23.0 Å². The predicted molar refractivity (Wildman–Crippen MR) is 142 cm³/mol. The normalized spacial score (nSPS) is 16.1. The van der Waals surface area contributed by atoms with Gasteiger partial charge in [0.2, 0.25) is 0 Å². The fourth-order valence-electron chi connectivity index (χ4n) is 4.98. The van der Waals surface area contributed by atoms with Gasteiger partial charge in [-0.25, -0.2) is 18.3 Å². The van der Waals surface area contributed by atoms with E-state index in [9.17, 15) is 14.4 Å². The molecule has 1 aromatic carbocycles. The highest BCUT2D eigenvalue weighted by Crippen LogP contribution is 2.47. The van der Waals surface area contributed by atoms with Crippen LogP contribution >= 0.6 is 11.3 Å². The summed E-state index contributed by atoms with van der Waals surface area (Å²) < 4.78 is 30.4. The number of hydrogen-bond donors (Lipinski definition) is 0. The Kier molecular flexibility index (Phi) is 6.29. The maximum atomic E-state index is 15.3. The third kappa shape index (κ3) is 4.40. The highest BCUT2D eigenvalue weighted by Gasteiger charge is 2.34. The van der Waals surface area contributed by atoms with Crippen molar-refractivity contribution in [3.8, 4) is 17.3 Å². The summed E-state index contributed by atoms with van der Waals surface area (Å²) in [5, 5.41) is 15.2. The summed E-state index contributed by atoms with van der Waals surface area (Å²) in [6.45, 7) is 3.00. The molecule has 0 radical (unpaired) electrons. The van der Waals surface area contributed by atoms with Crippen molar-refractivity contribution in [1.29, 1.82) is 5.26 Å². The molecule has 3 aromatic heterocycles. The van der Waals surface area contributed by atoms with E-state index < -0.39 is 0 Å². The van der Waals surface area contributed by atoms with Gasteiger partial charge in [-0.1, -0.05) is 11.3 Å². The third-order valence-corrected chi connectivity index (χ3v) is 8.20. The fraction of sp³-hybridized carbons (Fsp3) is 0.333. The summed E-state index contributed by atoms with van der Waals surface area (Å²) in [5.74, 6) is -0.411. The number of benzene rings is 1. The molecule has 0 atom stereocenters. The fourth-order valence-corrected chi connectivity index (χ4v) is 5.84. The lowest BCUT2D eigenvalue weighted by molar-refractivity contribution is -0.108. The number of aldehydes is 1. The molecule has 4 aromatic rings. The topological polar surface area (TPSA) is 80.8 Å². The Morgan fingerprint density at radius 2 is 1.92 bits per heavy atom. The van der Waals surface area contributed by atoms with Crippen molar-refractivity contribution in [3.05, 3.63) is 58.7 Å². The standard InChI is InChI=1S/C27H25F2N7OS/c1-33(27-31-24(23(15-30)38-27)17-4-6-19(28)7-5-17)26-22-14-21(35-10-8-34(9-11-35)12-13-37)20(29)16-36(22)32-25(26)18-2-3-18/h4-7,13-14,16,18H,2-3,8-12H2,1H3. The first-order valence-electron chi connectivity index (χ1n) is 12.5. The summed E-state index contributed by atoms with van der Waals surface area (Å²) in [6.07, 6.45) is 4.36. The van der Waals surface area contributed by atoms with Crippen LogP contribution in [0.4, 0.5) is 25.3 Å². The van der Waals surface area contributed by atoms with Crippen molar-refractivity contribution >= 4 is 39.6 Å². The van der Waals surface area contributed by atoms with Gasteiger partial charge in [0.15, 0.2) is 10.9 Å². The van der Waals surface area contributed by atoms with Gasteiger partial charge < -0.3 is 14.6 Å². The number of carbonyl (C=O) groups is 1. The van der Waals surface area contributed by atoms with Gasteiger partial charge in [0.25, 0.3) is 0 Å². The second-order valence-corrected chi connectivity index (χ2v) is 10.6. The van der Waals surface area contributed by atoms with E-state index in [1.807, 2.05) is 22.9 Å². The number of nitrogens with zero attached hydrogens (tertiary/aromatic N) is 7. The molecule has 1 saturated carbocycles. The van der Waals surface area contributed by atoms with Crippen LogP contribution in [-0.2, 0) is 4.79 Å². The molecule has 8 nitrogen and oxygen atoms in total. The molecule has 4 heterocycles. The van der Waals surface area contributed by atoms with Gasteiger partial charge in [-0.3, -0.25) is 4.90 Å². The van der Waals surface area contributed by atoms with E-state index in [1.165, 1.54) is 29.7 Å². The van der Waals surface area contributed by atoms with Crippen LogP contribution in [-0.4, -0.2) is 65.6 Å². The van der Waals surface area contributed by atoms with E-state index in [0.717, 1.165) is 36.0 Å². The van der Waals surface area contributed by atoms with Crippen LogP contribution in [0.2, 0.25) is 0 Å². The summed E-state index contributed by atoms with van der Waals surface area (Å²) in [4.78, 5) is 22.1. The molecule has 0 unspecified atom stereocenters. The van der Waals surface area contributed by atoms with Gasteiger partial charge >= 0.3 is 0 Å². The minimum atomic E-state index is -0.353. The molecule has 11 heteroatoms. The molecule has 6 rings (SSSR count). The molecule has 0 amide bonds. The van der Waals surface area contributed by atoms with Gasteiger partial charge in [0, 0.05) is 44.7 Å². The Morgan fingerprint density at radius 1 is 1.18 bits per heavy atom. The van der Waals surface area contributed by atoms with Crippen molar-refractivity contribution in [3.63, 3.8) is 0 Å². The summed E-state index contributed by atoms with van der Waals surface area (Å²) in [6, 6.07) is 10.00. The molecular weight excluding hydrogens is 508 g/mol. The lowest BCUT2D eigenvalue weighted by Gasteiger charge is -2.35. The zero-order valence-electron chi connectivity index (χ0n) is 20.8. The van der Waals surface area contributed by atoms with Gasteiger partial charge in [0.1, 0.15) is 28.7 Å². The molecule has 38 heavy (non-hydrogen) atoms. The van der Waals surface area contributed by atoms with E-state index >= 15 is 4.39 Å². The zero-order valence-corrected chi connectivity index (χ0v) is 21.6. The van der Waals surface area contributed by atoms with E-state index in [0.29, 0.717) is 59.7 Å². The number of piperazine rings is 1. The van der Waals surface area contributed by atoms with Crippen LogP contribution < -0.4 is 9.80 Å². The van der Waals surface area contributed by atoms with Crippen molar-refractivity contribution in [2.45, 2.75) is 18.8 Å². The molecule has 194 valence electrons. The molecule has 2 aliphatic rings. The molecular formula is C27H25F2N7OS. The van der Waals surface area contributed by atoms with Crippen molar-refractivity contribution in [1.82, 2.24) is 19.5 Å². The predicted octanol–water partition coefficient (Wildman–Crippen LogP) is 4.57. The van der Waals surface area contributed by atoms with Crippen LogP contribution in [0.15, 0.2) is 36.5 Å². The first-order valence-corrected chi connectivity index (χ1v) is 13.3. The van der Waals surface area contributed by atoms with Gasteiger partial charge in [0.05, 0.1) is 35.3 Å². The Morgan fingerprint density at radius 3 is 2.58 bits per heavy atom. The van der Waals surface area contributed by atoms with Crippen LogP contribution in [0.3, 0.4) is 0 Å². The number of carbonyl (C=O) groups excluding carboxylic acids is 1. The van der Waals surface area contributed by atoms with Crippen molar-refractivity contribution in [2.75, 3.05) is 49.6 Å². The van der Waals surface area contributed by atoms with Gasteiger partial charge in [-0.05, 0) is 43.2 Å². The Balaban J connectivity index is 1.40.